The van der Waals surface area contributed by atoms with E-state index in [4.69, 9.17) is 47.7 Å². The molecule has 0 unspecified atom stereocenters. The Morgan fingerprint density at radius 3 is 1.79 bits per heavy atom. The van der Waals surface area contributed by atoms with Crippen LogP contribution < -0.4 is 18.9 Å². The summed E-state index contributed by atoms with van der Waals surface area (Å²) in [6.07, 6.45) is 1.71. The molecule has 38 heavy (non-hydrogen) atoms. The van der Waals surface area contributed by atoms with E-state index in [0.29, 0.717) is 72.7 Å². The molecular weight excluding hydrogens is 496 g/mol. The van der Waals surface area contributed by atoms with Gasteiger partial charge in [0, 0.05) is 6.07 Å². The predicted molar refractivity (Wildman–Crippen MR) is 140 cm³/mol. The zero-order valence-electron chi connectivity index (χ0n) is 22.2. The second-order valence-electron chi connectivity index (χ2n) is 8.34. The second-order valence-corrected chi connectivity index (χ2v) is 8.34. The smallest absolute Gasteiger partial charge is 0.231 e. The minimum Gasteiger partial charge on any atom is -0.497 e. The monoisotopic (exact) mass is 536 g/mol. The van der Waals surface area contributed by atoms with Crippen molar-refractivity contribution in [2.45, 2.75) is 12.8 Å². The van der Waals surface area contributed by atoms with Gasteiger partial charge in [-0.2, -0.15) is 0 Å². The van der Waals surface area contributed by atoms with E-state index < -0.39 is 0 Å². The van der Waals surface area contributed by atoms with Gasteiger partial charge in [-0.25, -0.2) is 0 Å². The van der Waals surface area contributed by atoms with Crippen molar-refractivity contribution >= 4 is 0 Å². The van der Waals surface area contributed by atoms with Gasteiger partial charge in [-0.3, -0.25) is 0 Å². The van der Waals surface area contributed by atoms with Gasteiger partial charge in [-0.05, 0) is 48.2 Å². The number of methoxy groups -OCH3 is 1. The summed E-state index contributed by atoms with van der Waals surface area (Å²) in [5, 5.41) is 8.59. The Balaban J connectivity index is 1.20. The molecule has 2 aromatic rings. The largest absolute Gasteiger partial charge is 0.497 e. The third-order valence-corrected chi connectivity index (χ3v) is 5.53. The lowest BCUT2D eigenvalue weighted by Gasteiger charge is -2.12. The van der Waals surface area contributed by atoms with Crippen LogP contribution in [0, 0.1) is 0 Å². The van der Waals surface area contributed by atoms with E-state index in [1.54, 1.807) is 7.11 Å². The van der Waals surface area contributed by atoms with Crippen LogP contribution in [0.15, 0.2) is 36.4 Å². The standard InChI is InChI=1S/C28H40O10/c1-30-25-18-24(3-2-23-4-5-27-28(20-23)38-22-37-27)19-26(21-25)36-17-16-35-15-14-34-13-12-33-11-10-32-9-8-31-7-6-29/h4-5,18-21,29H,2-3,6-17,22H2,1H3. The fraction of sp³-hybridized carbons (Fsp3) is 0.571. The van der Waals surface area contributed by atoms with Crippen LogP contribution in [0.25, 0.3) is 0 Å². The number of hydrogen-bond donors (Lipinski definition) is 1. The third kappa shape index (κ3) is 11.8. The maximum absolute atomic E-state index is 8.59. The van der Waals surface area contributed by atoms with Gasteiger partial charge in [0.05, 0.1) is 79.8 Å². The van der Waals surface area contributed by atoms with Crippen LogP contribution in [0.4, 0.5) is 0 Å². The fourth-order valence-electron chi connectivity index (χ4n) is 3.63. The van der Waals surface area contributed by atoms with Gasteiger partial charge in [0.15, 0.2) is 11.5 Å². The molecule has 0 amide bonds. The van der Waals surface area contributed by atoms with Gasteiger partial charge >= 0.3 is 0 Å². The molecule has 0 saturated heterocycles. The first-order chi connectivity index (χ1) is 18.8. The Kier molecular flexibility index (Phi) is 14.7. The average Bonchev–Trinajstić information content (AvgIpc) is 3.41. The Morgan fingerprint density at radius 1 is 0.605 bits per heavy atom. The quantitative estimate of drug-likeness (QED) is 0.226. The summed E-state index contributed by atoms with van der Waals surface area (Å²) >= 11 is 0. The fourth-order valence-corrected chi connectivity index (χ4v) is 3.63. The highest BCUT2D eigenvalue weighted by molar-refractivity contribution is 5.45. The van der Waals surface area contributed by atoms with Crippen molar-refractivity contribution in [1.82, 2.24) is 0 Å². The lowest BCUT2D eigenvalue weighted by Crippen LogP contribution is -2.14. The van der Waals surface area contributed by atoms with Crippen LogP contribution in [0.5, 0.6) is 23.0 Å². The van der Waals surface area contributed by atoms with Gasteiger partial charge in [0.2, 0.25) is 6.79 Å². The van der Waals surface area contributed by atoms with Crippen LogP contribution in [0.3, 0.4) is 0 Å². The van der Waals surface area contributed by atoms with Crippen molar-refractivity contribution in [1.29, 1.82) is 0 Å². The minimum absolute atomic E-state index is 0.0254. The predicted octanol–water partition coefficient (Wildman–Crippen LogP) is 2.66. The molecule has 0 fully saturated rings. The summed E-state index contributed by atoms with van der Waals surface area (Å²) in [5.41, 5.74) is 2.32. The van der Waals surface area contributed by atoms with Gasteiger partial charge < -0.3 is 47.7 Å². The van der Waals surface area contributed by atoms with Crippen LogP contribution in [-0.2, 0) is 36.5 Å². The average molecular weight is 537 g/mol. The van der Waals surface area contributed by atoms with Crippen molar-refractivity contribution in [3.63, 3.8) is 0 Å². The molecule has 0 saturated carbocycles. The molecule has 212 valence electrons. The highest BCUT2D eigenvalue weighted by atomic mass is 16.7. The van der Waals surface area contributed by atoms with E-state index >= 15 is 0 Å². The number of benzene rings is 2. The van der Waals surface area contributed by atoms with Crippen molar-refractivity contribution in [2.75, 3.05) is 93.2 Å². The van der Waals surface area contributed by atoms with E-state index in [2.05, 4.69) is 6.07 Å². The second kappa shape index (κ2) is 18.6. The van der Waals surface area contributed by atoms with Crippen LogP contribution in [0.1, 0.15) is 11.1 Å². The molecule has 0 aromatic heterocycles. The Morgan fingerprint density at radius 2 is 1.16 bits per heavy atom. The van der Waals surface area contributed by atoms with E-state index in [9.17, 15) is 0 Å². The van der Waals surface area contributed by atoms with Gasteiger partial charge in [-0.1, -0.05) is 6.07 Å². The summed E-state index contributed by atoms with van der Waals surface area (Å²) in [4.78, 5) is 0. The molecule has 1 aliphatic heterocycles. The van der Waals surface area contributed by atoms with Crippen molar-refractivity contribution in [3.05, 3.63) is 47.5 Å². The Bertz CT molecular complexity index is 907. The summed E-state index contributed by atoms with van der Waals surface area (Å²) < 4.78 is 49.1. The molecule has 1 N–H and O–H groups in total. The molecule has 0 atom stereocenters. The lowest BCUT2D eigenvalue weighted by molar-refractivity contribution is -0.0146. The Hall–Kier alpha value is -2.60. The first-order valence-corrected chi connectivity index (χ1v) is 13.0. The maximum Gasteiger partial charge on any atom is 0.231 e. The number of aryl methyl sites for hydroxylation is 2. The minimum atomic E-state index is 0.0254. The van der Waals surface area contributed by atoms with Crippen molar-refractivity contribution in [3.8, 4) is 23.0 Å². The summed E-state index contributed by atoms with van der Waals surface area (Å²) in [5.74, 6) is 3.11. The molecule has 2 aromatic carbocycles. The molecule has 10 nitrogen and oxygen atoms in total. The highest BCUT2D eigenvalue weighted by Crippen LogP contribution is 2.33. The highest BCUT2D eigenvalue weighted by Gasteiger charge is 2.13. The van der Waals surface area contributed by atoms with E-state index in [0.717, 1.165) is 41.4 Å². The SMILES string of the molecule is COc1cc(CCc2ccc3c(c2)OCO3)cc(OCCOCCOCCOCCOCCOCCO)c1. The van der Waals surface area contributed by atoms with Gasteiger partial charge in [0.25, 0.3) is 0 Å². The van der Waals surface area contributed by atoms with E-state index in [1.807, 2.05) is 30.3 Å². The van der Waals surface area contributed by atoms with Gasteiger partial charge in [-0.15, -0.1) is 0 Å². The number of ether oxygens (including phenoxy) is 9. The van der Waals surface area contributed by atoms with E-state index in [1.165, 1.54) is 5.56 Å². The molecule has 3 rings (SSSR count). The maximum atomic E-state index is 8.59. The summed E-state index contributed by atoms with van der Waals surface area (Å²) in [6.45, 7) is 5.47. The summed E-state index contributed by atoms with van der Waals surface area (Å²) in [6, 6.07) is 12.0. The normalized spacial score (nSPS) is 12.2. The number of hydrogen-bond acceptors (Lipinski definition) is 10. The number of fused-ring (bicyclic) bond motifs is 1. The topological polar surface area (TPSA) is 103 Å². The number of aliphatic hydroxyl groups excluding tert-OH is 1. The first-order valence-electron chi connectivity index (χ1n) is 13.0. The third-order valence-electron chi connectivity index (χ3n) is 5.53. The van der Waals surface area contributed by atoms with Crippen LogP contribution >= 0.6 is 0 Å². The molecule has 0 radical (unpaired) electrons. The molecule has 0 bridgehead atoms. The lowest BCUT2D eigenvalue weighted by atomic mass is 10.0. The number of aliphatic hydroxyl groups is 1. The molecule has 0 spiro atoms. The molecular formula is C28H40O10. The molecule has 10 heteroatoms. The van der Waals surface area contributed by atoms with Crippen molar-refractivity contribution < 1.29 is 47.7 Å². The molecule has 0 aliphatic carbocycles. The zero-order valence-corrected chi connectivity index (χ0v) is 22.2. The van der Waals surface area contributed by atoms with Crippen LogP contribution in [-0.4, -0.2) is 98.3 Å². The van der Waals surface area contributed by atoms with E-state index in [-0.39, 0.29) is 13.4 Å². The zero-order chi connectivity index (χ0) is 26.7. The van der Waals surface area contributed by atoms with Crippen LogP contribution in [0.2, 0.25) is 0 Å². The van der Waals surface area contributed by atoms with Gasteiger partial charge in [0.1, 0.15) is 18.1 Å². The number of rotatable bonds is 22. The molecule has 1 aliphatic rings. The summed E-state index contributed by atoms with van der Waals surface area (Å²) in [7, 11) is 1.65. The molecule has 1 heterocycles. The van der Waals surface area contributed by atoms with Crippen molar-refractivity contribution in [2.24, 2.45) is 0 Å². The Labute approximate surface area is 224 Å². The first kappa shape index (κ1) is 29.9.